The van der Waals surface area contributed by atoms with Crippen LogP contribution in [0.1, 0.15) is 61.3 Å². The number of rotatable bonds is 43. The smallest absolute Gasteiger partial charge is 0.332 e. The van der Waals surface area contributed by atoms with Gasteiger partial charge in [0.05, 0.1) is 122 Å². The van der Waals surface area contributed by atoms with Gasteiger partial charge in [0.2, 0.25) is 23.6 Å². The second-order valence-corrected chi connectivity index (χ2v) is 37.4. The summed E-state index contributed by atoms with van der Waals surface area (Å²) >= 11 is 0. The average molecular weight is 2140 g/mol. The van der Waals surface area contributed by atoms with Gasteiger partial charge in [0, 0.05) is 39.5 Å². The number of carbonyl (C=O) groups is 6. The van der Waals surface area contributed by atoms with Crippen LogP contribution in [0, 0.1) is 11.8 Å². The number of hydrogen-bond donors (Lipinski definition) is 34. The minimum atomic E-state index is -2.70. The minimum Gasteiger partial charge on any atom is -0.410 e. The highest BCUT2D eigenvalue weighted by Gasteiger charge is 2.64. The highest BCUT2D eigenvalue weighted by Crippen LogP contribution is 2.45. The van der Waals surface area contributed by atoms with Crippen LogP contribution in [-0.4, -0.2) is 599 Å². The van der Waals surface area contributed by atoms with Gasteiger partial charge in [0.1, 0.15) is 238 Å². The van der Waals surface area contributed by atoms with Crippen molar-refractivity contribution >= 4 is 36.6 Å². The van der Waals surface area contributed by atoms with Crippen molar-refractivity contribution in [3.05, 3.63) is 0 Å². The lowest BCUT2D eigenvalue weighted by atomic mass is 9.87. The Bertz CT molecular complexity index is 4070. The highest BCUT2D eigenvalue weighted by atomic mass is 16.9. The first kappa shape index (κ1) is 121. The Balaban J connectivity index is 0.887. The van der Waals surface area contributed by atoms with E-state index in [0.717, 1.165) is 27.7 Å². The van der Waals surface area contributed by atoms with Crippen LogP contribution in [0.5, 0.6) is 0 Å². The van der Waals surface area contributed by atoms with Gasteiger partial charge in [0.15, 0.2) is 50.3 Å². The van der Waals surface area contributed by atoms with E-state index in [9.17, 15) is 182 Å². The summed E-state index contributed by atoms with van der Waals surface area (Å²) in [7, 11) is 0. The van der Waals surface area contributed by atoms with Crippen LogP contribution in [0.15, 0.2) is 0 Å². The Morgan fingerprint density at radius 3 is 0.932 bits per heavy atom. The number of amides is 4. The van der Waals surface area contributed by atoms with Crippen LogP contribution in [0.4, 0.5) is 0 Å². The predicted molar refractivity (Wildman–Crippen MR) is 452 cm³/mol. The van der Waals surface area contributed by atoms with E-state index in [-0.39, 0.29) is 12.9 Å². The molecule has 63 heteroatoms. The third-order valence-electron chi connectivity index (χ3n) is 27.3. The molecule has 4 amide bonds. The van der Waals surface area contributed by atoms with Gasteiger partial charge < -0.3 is 283 Å². The van der Waals surface area contributed by atoms with Crippen LogP contribution in [0.25, 0.3) is 0 Å². The van der Waals surface area contributed by atoms with Crippen molar-refractivity contribution < 1.29 is 291 Å². The van der Waals surface area contributed by atoms with Crippen LogP contribution >= 0.6 is 0 Å². The van der Waals surface area contributed by atoms with Gasteiger partial charge in [-0.1, -0.05) is 13.8 Å². The van der Waals surface area contributed by atoms with Gasteiger partial charge in [-0.25, -0.2) is 0 Å². The molecule has 0 bridgehead atoms. The number of carbonyl (C=O) groups excluding carboxylic acids is 6. The summed E-state index contributed by atoms with van der Waals surface area (Å²) in [6.07, 6.45) is -105. The molecule has 0 aliphatic carbocycles. The summed E-state index contributed by atoms with van der Waals surface area (Å²) in [6, 6.07) is -7.37. The Morgan fingerprint density at radius 1 is 0.308 bits per heavy atom. The van der Waals surface area contributed by atoms with Crippen molar-refractivity contribution in [3.63, 3.8) is 0 Å². The van der Waals surface area contributed by atoms with Crippen LogP contribution in [0.2, 0.25) is 0 Å². The van der Waals surface area contributed by atoms with Crippen molar-refractivity contribution in [2.75, 3.05) is 72.7 Å². The van der Waals surface area contributed by atoms with Gasteiger partial charge in [-0.3, -0.25) is 28.8 Å². The molecule has 11 saturated heterocycles. The van der Waals surface area contributed by atoms with E-state index in [1.165, 1.54) is 20.8 Å². The molecule has 57 atom stereocenters. The predicted octanol–water partition coefficient (Wildman–Crippen LogP) is -22.3. The molecule has 0 spiro atoms. The number of aliphatic hydroxyl groups excluding tert-OH is 30. The maximum Gasteiger partial charge on any atom is 0.332 e. The SMILES string of the molecule is CC(=O)NC1C(O)[C@H](O[C@@H]2OC(CO[C@]3(OC=O)C[C@@H](O)[C@@H](C)C([C@H](O)[C@H](O)CO)O3)[C@H](O)[C@H](O)C2O)[C@H](CO)O[C@H]1OC1[C@@H](OCC2O[C@@H](O[C@@H]3C(CO)O[C@@H](O[C@@H]4C(CO)O[C@@H](C)C(NC(C)=O)[C@H]4O)C(NC(C)=O)[C@H]3O)C(O)[C@@H](O[C@H]3OC(CO)[C@@H](O)C(O)C3O[C@@H]3OC(CO)[C@@H](O[C@@H]4OC(CO[C@]5(OC=O)C[C@@H](O)[C@@H](C)C([C@H](O)[C@H](O)CO)O5)[C@H](O)C(O)[C@@H]4O)[C@H](O)C3NC(C)=O)[C@@H]2O)OC(CO)[C@@H](O)[C@@H]1O. The highest BCUT2D eigenvalue weighted by molar-refractivity contribution is 5.74. The molecule has 21 unspecified atom stereocenters. The Kier molecular flexibility index (Phi) is 43.8. The van der Waals surface area contributed by atoms with E-state index < -0.39 is 458 Å². The zero-order valence-corrected chi connectivity index (χ0v) is 79.4. The van der Waals surface area contributed by atoms with E-state index in [0.29, 0.717) is 0 Å². The maximum absolute atomic E-state index is 13.3. The maximum atomic E-state index is 13.3. The molecule has 11 rings (SSSR count). The van der Waals surface area contributed by atoms with Crippen LogP contribution in [-0.2, 0) is 138 Å². The van der Waals surface area contributed by atoms with E-state index in [4.69, 9.17) is 109 Å². The zero-order chi connectivity index (χ0) is 108. The first-order valence-corrected chi connectivity index (χ1v) is 46.9. The van der Waals surface area contributed by atoms with Gasteiger partial charge >= 0.3 is 11.9 Å². The van der Waals surface area contributed by atoms with Crippen molar-refractivity contribution in [2.45, 2.75) is 398 Å². The number of aliphatic hydroxyl groups is 30. The van der Waals surface area contributed by atoms with Crippen molar-refractivity contribution in [3.8, 4) is 0 Å². The monoisotopic (exact) mass is 2130 g/mol. The summed E-state index contributed by atoms with van der Waals surface area (Å²) in [5, 5.41) is 349. The summed E-state index contributed by atoms with van der Waals surface area (Å²) in [5.74, 6) is -11.2. The Morgan fingerprint density at radius 2 is 0.589 bits per heavy atom. The van der Waals surface area contributed by atoms with Crippen molar-refractivity contribution in [2.24, 2.45) is 11.8 Å². The standard InChI is InChI=1S/C83H138N4O59/c1-23-30(102)8-82(127-21-96,145-65(23)47(106)32(104)10-88)125-19-41-51(110)58(117)62(121)77(136-41)139-68-37(15-93)133-75(45(56(68)115)86-28(6)100)143-72-60(119)49(108)34(12-90)130-80(72)124-18-40-53(112)71(64(123)79(135-40)141-70-39(17-95)132-74(44(55(70)114)85-27(5)99)138-67-36(14-92)129-25(3)43(54(67)113)84-26(4)98)142-81-73(61(120)50(109)35(13-91)131-81)144-76-46(87-29(7)101)57(116)69(38(16-94)134-76)140-78-63(122)59(118)52(111)42(137-78)20-126-83(128-22-97)9-31(103)24(2)66(146-83)48(107)33(105)11-89/h21-25,30-81,88-95,102-123H,8-20H2,1-7H3,(H,84,98)(H,85,99)(H,86,100)(H,87,101)/t23-,24-,25+,30-,31-,32-,33-,34?,35?,36?,37+,38?,39?,40?,41?,42?,43?,44?,45?,46?,47-,48-,49-,50-,51+,52+,53-,54-,55-,56?,57-,58+,59?,60+,61?,62?,63+,64?,65?,66?,67-,68-,69-,70-,71+,72?,73?,74+,75+,76+,77+,78+,79+,80+,81-,82+,83+/m1/s1. The fourth-order valence-corrected chi connectivity index (χ4v) is 19.1. The Hall–Kier alpha value is -5.22. The fraction of sp³-hybridized carbons (Fsp3) is 0.928. The van der Waals surface area contributed by atoms with E-state index in [1.54, 1.807) is 0 Å². The van der Waals surface area contributed by atoms with E-state index in [1.807, 2.05) is 0 Å². The summed E-state index contributed by atoms with van der Waals surface area (Å²) < 4.78 is 137. The summed E-state index contributed by atoms with van der Waals surface area (Å²) in [6.45, 7) is -4.99. The molecule has 11 aliphatic rings. The molecular weight excluding hydrogens is 2000 g/mol. The molecular formula is C83H138N4O59. The second kappa shape index (κ2) is 52.8. The molecule has 0 aromatic rings. The second-order valence-electron chi connectivity index (χ2n) is 37.4. The number of nitrogens with one attached hydrogen (secondary N) is 4. The molecule has 146 heavy (non-hydrogen) atoms. The quantitative estimate of drug-likeness (QED) is 0.0199. The summed E-state index contributed by atoms with van der Waals surface area (Å²) in [5.41, 5.74) is 0. The lowest BCUT2D eigenvalue weighted by Gasteiger charge is -2.51. The topological polar surface area (TPSA) is 970 Å². The van der Waals surface area contributed by atoms with Gasteiger partial charge in [-0.2, -0.15) is 0 Å². The number of ether oxygens (including phenoxy) is 23. The molecule has 11 fully saturated rings. The number of hydrogen-bond acceptors (Lipinski definition) is 59. The summed E-state index contributed by atoms with van der Waals surface area (Å²) in [4.78, 5) is 76.0. The molecule has 11 aliphatic heterocycles. The zero-order valence-electron chi connectivity index (χ0n) is 79.4. The van der Waals surface area contributed by atoms with Crippen LogP contribution in [0.3, 0.4) is 0 Å². The van der Waals surface area contributed by atoms with Gasteiger partial charge in [-0.05, 0) is 6.92 Å². The molecule has 11 heterocycles. The third kappa shape index (κ3) is 27.1. The van der Waals surface area contributed by atoms with Crippen molar-refractivity contribution in [1.29, 1.82) is 0 Å². The van der Waals surface area contributed by atoms with Crippen molar-refractivity contribution in [1.82, 2.24) is 21.3 Å². The molecule has 844 valence electrons. The van der Waals surface area contributed by atoms with Gasteiger partial charge in [-0.15, -0.1) is 0 Å². The molecule has 0 radical (unpaired) electrons. The first-order valence-electron chi connectivity index (χ1n) is 46.9. The average Bonchev–Trinajstić information content (AvgIpc) is 0.827. The van der Waals surface area contributed by atoms with E-state index >= 15 is 0 Å². The molecule has 0 aromatic carbocycles. The largest absolute Gasteiger partial charge is 0.410 e. The van der Waals surface area contributed by atoms with E-state index in [2.05, 4.69) is 21.3 Å². The lowest BCUT2D eigenvalue weighted by molar-refractivity contribution is -0.424. The molecule has 0 saturated carbocycles. The molecule has 0 aromatic heterocycles. The lowest BCUT2D eigenvalue weighted by Crippen LogP contribution is -2.71. The third-order valence-corrected chi connectivity index (χ3v) is 27.3. The van der Waals surface area contributed by atoms with Crippen LogP contribution < -0.4 is 21.3 Å². The molecule has 34 N–H and O–H groups in total. The Labute approximate surface area is 828 Å². The minimum absolute atomic E-state index is 0.202. The fourth-order valence-electron chi connectivity index (χ4n) is 19.1. The normalized spacial score (nSPS) is 47.5. The van der Waals surface area contributed by atoms with Gasteiger partial charge in [0.25, 0.3) is 12.9 Å². The molecule has 63 nitrogen and oxygen atoms in total. The first-order chi connectivity index (χ1) is 69.0.